The number of hydrogen-bond donors (Lipinski definition) is 2. The van der Waals surface area contributed by atoms with Gasteiger partial charge in [-0.25, -0.2) is 0 Å². The summed E-state index contributed by atoms with van der Waals surface area (Å²) in [6.45, 7) is 12.0. The standard InChI is InChI=1S/C42H44N3O6P3/c1-31-19-16-20-32(2)40(31)49-52(46-37-25-10-7-11-26-37)43-53(47-38-27-12-8-13-28-38,50-41-33(3)21-17-22-34(41)4)45-54(44-52,48-39-29-14-9-15-30-39)51-42-35(5)23-18-24-36(42)6/h7-30,43-44H,1-6H3/q+2. The van der Waals surface area contributed by atoms with E-state index in [9.17, 15) is 0 Å². The van der Waals surface area contributed by atoms with Gasteiger partial charge in [0.2, 0.25) is 0 Å². The van der Waals surface area contributed by atoms with Crippen LogP contribution in [-0.2, 0) is 0 Å². The molecule has 6 aromatic carbocycles. The van der Waals surface area contributed by atoms with Crippen LogP contribution in [0.4, 0.5) is 0 Å². The molecule has 0 amide bonds. The fraction of sp³-hybridized carbons (Fsp3) is 0.143. The molecule has 12 heteroatoms. The highest BCUT2D eigenvalue weighted by atomic mass is 31.3. The molecule has 276 valence electrons. The van der Waals surface area contributed by atoms with Gasteiger partial charge in [-0.2, -0.15) is 0 Å². The first-order valence-corrected chi connectivity index (χ1v) is 22.4. The number of aryl methyl sites for hydroxylation is 6. The van der Waals surface area contributed by atoms with E-state index >= 15 is 0 Å². The lowest BCUT2D eigenvalue weighted by atomic mass is 10.1. The first kappa shape index (κ1) is 37.4. The molecular formula is C42H44N3O6P3+2. The van der Waals surface area contributed by atoms with Crippen LogP contribution in [0.25, 0.3) is 0 Å². The van der Waals surface area contributed by atoms with Crippen molar-refractivity contribution in [2.24, 2.45) is 4.52 Å². The van der Waals surface area contributed by atoms with Crippen molar-refractivity contribution in [1.29, 1.82) is 0 Å². The molecule has 7 rings (SSSR count). The first-order chi connectivity index (χ1) is 26.1. The van der Waals surface area contributed by atoms with Crippen molar-refractivity contribution in [1.82, 2.24) is 9.72 Å². The van der Waals surface area contributed by atoms with Crippen LogP contribution in [-0.4, -0.2) is 0 Å². The maximum Gasteiger partial charge on any atom is 0.617 e. The Hall–Kier alpha value is -4.87. The van der Waals surface area contributed by atoms with Gasteiger partial charge in [-0.15, -0.1) is 0 Å². The Labute approximate surface area is 319 Å². The van der Waals surface area contributed by atoms with E-state index in [2.05, 4.69) is 9.72 Å². The van der Waals surface area contributed by atoms with E-state index in [4.69, 9.17) is 31.7 Å². The highest BCUT2D eigenvalue weighted by molar-refractivity contribution is 7.89. The zero-order chi connectivity index (χ0) is 37.8. The van der Waals surface area contributed by atoms with Crippen LogP contribution < -0.4 is 36.9 Å². The van der Waals surface area contributed by atoms with Crippen LogP contribution in [0.15, 0.2) is 150 Å². The lowest BCUT2D eigenvalue weighted by molar-refractivity contribution is 0.400. The van der Waals surface area contributed by atoms with Crippen molar-refractivity contribution in [2.75, 3.05) is 0 Å². The van der Waals surface area contributed by atoms with Crippen LogP contribution >= 0.6 is 23.7 Å². The largest absolute Gasteiger partial charge is 0.617 e. The van der Waals surface area contributed by atoms with Gasteiger partial charge >= 0.3 is 23.7 Å². The Morgan fingerprint density at radius 2 is 0.815 bits per heavy atom. The Kier molecular flexibility index (Phi) is 11.0. The average Bonchev–Trinajstić information content (AvgIpc) is 3.14. The summed E-state index contributed by atoms with van der Waals surface area (Å²) in [5.74, 6) is 3.41. The molecule has 0 aromatic heterocycles. The molecule has 0 fully saturated rings. The minimum Gasteiger partial charge on any atom is -0.415 e. The molecule has 0 saturated heterocycles. The molecule has 0 spiro atoms. The third-order valence-electron chi connectivity index (χ3n) is 8.55. The van der Waals surface area contributed by atoms with Crippen LogP contribution in [0.3, 0.4) is 0 Å². The number of para-hydroxylation sites is 6. The van der Waals surface area contributed by atoms with Gasteiger partial charge in [-0.05, 0) is 111 Å². The number of nitrogens with zero attached hydrogens (tertiary/aromatic N) is 1. The summed E-state index contributed by atoms with van der Waals surface area (Å²) in [5.41, 5.74) is 5.40. The van der Waals surface area contributed by atoms with Gasteiger partial charge in [0.15, 0.2) is 23.0 Å². The zero-order valence-electron chi connectivity index (χ0n) is 31.1. The zero-order valence-corrected chi connectivity index (χ0v) is 33.8. The van der Waals surface area contributed by atoms with Crippen molar-refractivity contribution in [2.45, 2.75) is 41.5 Å². The van der Waals surface area contributed by atoms with Gasteiger partial charge in [0, 0.05) is 4.86 Å². The van der Waals surface area contributed by atoms with Crippen molar-refractivity contribution in [3.8, 4) is 34.5 Å². The summed E-state index contributed by atoms with van der Waals surface area (Å²) in [5, 5.41) is 0. The Balaban J connectivity index is 1.56. The topological polar surface area (TPSA) is 91.8 Å². The molecule has 0 aliphatic carbocycles. The minimum absolute atomic E-state index is 0.519. The highest BCUT2D eigenvalue weighted by Gasteiger charge is 2.75. The average molecular weight is 780 g/mol. The summed E-state index contributed by atoms with van der Waals surface area (Å²) >= 11 is 0. The molecule has 3 atom stereocenters. The van der Waals surface area contributed by atoms with Gasteiger partial charge in [0.25, 0.3) is 0 Å². The molecule has 54 heavy (non-hydrogen) atoms. The van der Waals surface area contributed by atoms with E-state index in [-0.39, 0.29) is 0 Å². The summed E-state index contributed by atoms with van der Waals surface area (Å²) < 4.78 is 48.3. The van der Waals surface area contributed by atoms with Gasteiger partial charge in [0.1, 0.15) is 16.4 Å². The van der Waals surface area contributed by atoms with Crippen molar-refractivity contribution in [3.63, 3.8) is 0 Å². The molecule has 9 nitrogen and oxygen atoms in total. The van der Waals surface area contributed by atoms with Crippen molar-refractivity contribution < 1.29 is 27.1 Å². The minimum atomic E-state index is -3.83. The maximum atomic E-state index is 7.23. The van der Waals surface area contributed by atoms with Gasteiger partial charge in [-0.1, -0.05) is 109 Å². The molecule has 6 aromatic rings. The normalized spacial score (nSPS) is 20.6. The Morgan fingerprint density at radius 1 is 0.407 bits per heavy atom. The predicted octanol–water partition coefficient (Wildman–Crippen LogP) is 12.8. The van der Waals surface area contributed by atoms with E-state index < -0.39 is 23.7 Å². The quantitative estimate of drug-likeness (QED) is 0.119. The van der Waals surface area contributed by atoms with Crippen LogP contribution in [0.1, 0.15) is 33.4 Å². The van der Waals surface area contributed by atoms with E-state index in [1.807, 2.05) is 187 Å². The van der Waals surface area contributed by atoms with Crippen LogP contribution in [0, 0.1) is 41.5 Å². The van der Waals surface area contributed by atoms with Gasteiger partial charge in [-0.3, -0.25) is 18.1 Å². The Morgan fingerprint density at radius 3 is 1.30 bits per heavy atom. The SMILES string of the molecule is Cc1cccc(C)c1OP1(Oc2ccccc2)=N[P+](Oc2ccccc2)(Oc2c(C)cccc2C)N[P+](Oc2ccccc2)(Oc2c(C)cccc2C)N1. The van der Waals surface area contributed by atoms with E-state index in [1.165, 1.54) is 0 Å². The number of benzene rings is 6. The van der Waals surface area contributed by atoms with Crippen molar-refractivity contribution >= 4 is 23.7 Å². The molecule has 1 aliphatic heterocycles. The van der Waals surface area contributed by atoms with Crippen molar-refractivity contribution in [3.05, 3.63) is 179 Å². The fourth-order valence-corrected chi connectivity index (χ4v) is 16.3. The summed E-state index contributed by atoms with van der Waals surface area (Å²) in [7, 11) is -11.4. The first-order valence-electron chi connectivity index (χ1n) is 17.6. The van der Waals surface area contributed by atoms with Gasteiger partial charge < -0.3 is 9.05 Å². The molecular weight excluding hydrogens is 735 g/mol. The second kappa shape index (κ2) is 15.8. The molecule has 1 aliphatic rings. The van der Waals surface area contributed by atoms with Crippen LogP contribution in [0.5, 0.6) is 34.5 Å². The molecule has 2 N–H and O–H groups in total. The van der Waals surface area contributed by atoms with E-state index in [1.54, 1.807) is 0 Å². The predicted molar refractivity (Wildman–Crippen MR) is 220 cm³/mol. The molecule has 1 heterocycles. The lowest BCUT2D eigenvalue weighted by Gasteiger charge is -2.35. The summed E-state index contributed by atoms with van der Waals surface area (Å²) in [6.07, 6.45) is 0. The smallest absolute Gasteiger partial charge is 0.415 e. The number of nitrogens with one attached hydrogen (secondary N) is 2. The number of rotatable bonds is 12. The van der Waals surface area contributed by atoms with Crippen LogP contribution in [0.2, 0.25) is 0 Å². The summed E-state index contributed by atoms with van der Waals surface area (Å²) in [4.78, 5) is 7.32. The molecule has 3 unspecified atom stereocenters. The van der Waals surface area contributed by atoms with E-state index in [0.717, 1.165) is 33.4 Å². The lowest BCUT2D eigenvalue weighted by Crippen LogP contribution is -2.41. The Bertz CT molecular complexity index is 2240. The van der Waals surface area contributed by atoms with E-state index in [0.29, 0.717) is 34.5 Å². The number of hydrogen-bond acceptors (Lipinski definition) is 9. The molecule has 0 saturated carbocycles. The summed E-state index contributed by atoms with van der Waals surface area (Å²) in [6, 6.07) is 46.4. The third kappa shape index (κ3) is 8.42. The second-order valence-electron chi connectivity index (χ2n) is 13.0. The maximum absolute atomic E-state index is 7.23. The molecule has 0 bridgehead atoms. The molecule has 0 radical (unpaired) electrons. The fourth-order valence-electron chi connectivity index (χ4n) is 5.93. The highest BCUT2D eigenvalue weighted by Crippen LogP contribution is 2.80. The van der Waals surface area contributed by atoms with Gasteiger partial charge in [0.05, 0.1) is 4.52 Å². The monoisotopic (exact) mass is 779 g/mol. The third-order valence-corrected chi connectivity index (χ3v) is 17.2. The second-order valence-corrected chi connectivity index (χ2v) is 19.6.